The Hall–Kier alpha value is -3.28. The van der Waals surface area contributed by atoms with E-state index in [4.69, 9.17) is 4.74 Å². The van der Waals surface area contributed by atoms with Gasteiger partial charge in [-0.1, -0.05) is 6.07 Å². The van der Waals surface area contributed by atoms with Crippen LogP contribution >= 0.6 is 0 Å². The standard InChI is InChI=1S/C22H18F6N2O4/c1-12(21(11-33-21)16-7-2-13(23)8-17(16)24)29-9-19(32)30(10-18(29)31)14-3-5-15(6-4-14)34-22(27,28)20(25)26/h2-8,12,20H,9-11H2,1H3. The van der Waals surface area contributed by atoms with Gasteiger partial charge in [0.15, 0.2) is 0 Å². The van der Waals surface area contributed by atoms with Crippen LogP contribution in [-0.2, 0) is 19.9 Å². The molecule has 12 heteroatoms. The van der Waals surface area contributed by atoms with Gasteiger partial charge in [-0.15, -0.1) is 0 Å². The Bertz CT molecular complexity index is 1110. The number of nitrogens with zero attached hydrogens (tertiary/aromatic N) is 2. The van der Waals surface area contributed by atoms with E-state index in [-0.39, 0.29) is 24.4 Å². The second kappa shape index (κ2) is 8.49. The van der Waals surface area contributed by atoms with Crippen LogP contribution in [0.1, 0.15) is 12.5 Å². The first-order valence-corrected chi connectivity index (χ1v) is 10.1. The lowest BCUT2D eigenvalue weighted by Gasteiger charge is -2.39. The van der Waals surface area contributed by atoms with E-state index in [0.29, 0.717) is 6.07 Å². The van der Waals surface area contributed by atoms with Crippen LogP contribution in [-0.4, -0.2) is 55.0 Å². The van der Waals surface area contributed by atoms with Crippen molar-refractivity contribution < 1.29 is 45.4 Å². The Labute approximate surface area is 189 Å². The molecule has 2 aliphatic rings. The number of amides is 2. The van der Waals surface area contributed by atoms with Gasteiger partial charge in [0, 0.05) is 17.3 Å². The summed E-state index contributed by atoms with van der Waals surface area (Å²) < 4.78 is 87.8. The van der Waals surface area contributed by atoms with Crippen LogP contribution in [0, 0.1) is 11.6 Å². The molecule has 0 aromatic heterocycles. The molecule has 2 atom stereocenters. The maximum absolute atomic E-state index is 14.4. The second-order valence-corrected chi connectivity index (χ2v) is 7.94. The number of epoxide rings is 1. The third kappa shape index (κ3) is 4.29. The molecule has 2 unspecified atom stereocenters. The molecule has 0 spiro atoms. The minimum Gasteiger partial charge on any atom is -0.428 e. The van der Waals surface area contributed by atoms with E-state index in [0.717, 1.165) is 23.1 Å². The molecular formula is C22H18F6N2O4. The Kier molecular flexibility index (Phi) is 5.96. The van der Waals surface area contributed by atoms with E-state index in [9.17, 15) is 35.9 Å². The number of anilines is 1. The van der Waals surface area contributed by atoms with Crippen LogP contribution in [0.2, 0.25) is 0 Å². The van der Waals surface area contributed by atoms with Crippen molar-refractivity contribution in [1.29, 1.82) is 0 Å². The fourth-order valence-electron chi connectivity index (χ4n) is 3.90. The van der Waals surface area contributed by atoms with Crippen LogP contribution in [0.3, 0.4) is 0 Å². The Morgan fingerprint density at radius 2 is 1.68 bits per heavy atom. The van der Waals surface area contributed by atoms with Crippen molar-refractivity contribution in [3.05, 3.63) is 59.7 Å². The van der Waals surface area contributed by atoms with Gasteiger partial charge in [0.2, 0.25) is 11.8 Å². The highest BCUT2D eigenvalue weighted by Gasteiger charge is 2.56. The molecular weight excluding hydrogens is 470 g/mol. The summed E-state index contributed by atoms with van der Waals surface area (Å²) in [6.07, 6.45) is -8.71. The zero-order valence-electron chi connectivity index (χ0n) is 17.6. The highest BCUT2D eigenvalue weighted by molar-refractivity contribution is 6.04. The molecule has 2 saturated heterocycles. The zero-order valence-corrected chi connectivity index (χ0v) is 17.6. The first-order chi connectivity index (χ1) is 15.9. The summed E-state index contributed by atoms with van der Waals surface area (Å²) in [5, 5.41) is 0. The van der Waals surface area contributed by atoms with Gasteiger partial charge in [-0.05, 0) is 37.3 Å². The van der Waals surface area contributed by atoms with Crippen LogP contribution in [0.15, 0.2) is 42.5 Å². The summed E-state index contributed by atoms with van der Waals surface area (Å²) in [7, 11) is 0. The first kappa shape index (κ1) is 23.9. The fourth-order valence-corrected chi connectivity index (χ4v) is 3.90. The maximum atomic E-state index is 14.4. The number of piperazine rings is 1. The smallest absolute Gasteiger partial charge is 0.428 e. The number of ether oxygens (including phenoxy) is 2. The van der Waals surface area contributed by atoms with Crippen LogP contribution in [0.4, 0.5) is 32.0 Å². The van der Waals surface area contributed by atoms with Crippen molar-refractivity contribution >= 4 is 17.5 Å². The molecule has 2 aromatic carbocycles. The van der Waals surface area contributed by atoms with E-state index in [1.807, 2.05) is 0 Å². The van der Waals surface area contributed by atoms with Crippen molar-refractivity contribution in [2.24, 2.45) is 0 Å². The third-order valence-electron chi connectivity index (χ3n) is 5.86. The number of rotatable bonds is 7. The number of carbonyl (C=O) groups excluding carboxylic acids is 2. The molecule has 0 aliphatic carbocycles. The molecule has 2 amide bonds. The van der Waals surface area contributed by atoms with Gasteiger partial charge < -0.3 is 19.3 Å². The number of carbonyl (C=O) groups is 2. The monoisotopic (exact) mass is 488 g/mol. The summed E-state index contributed by atoms with van der Waals surface area (Å²) in [4.78, 5) is 28.0. The van der Waals surface area contributed by atoms with Gasteiger partial charge in [0.25, 0.3) is 0 Å². The van der Waals surface area contributed by atoms with Crippen molar-refractivity contribution in [2.45, 2.75) is 31.1 Å². The topological polar surface area (TPSA) is 62.4 Å². The quantitative estimate of drug-likeness (QED) is 0.441. The fraction of sp³-hybridized carbons (Fsp3) is 0.364. The van der Waals surface area contributed by atoms with Crippen molar-refractivity contribution in [1.82, 2.24) is 4.90 Å². The molecule has 182 valence electrons. The van der Waals surface area contributed by atoms with Gasteiger partial charge >= 0.3 is 12.5 Å². The van der Waals surface area contributed by atoms with Gasteiger partial charge in [-0.3, -0.25) is 9.59 Å². The van der Waals surface area contributed by atoms with Gasteiger partial charge in [-0.25, -0.2) is 8.78 Å². The van der Waals surface area contributed by atoms with E-state index in [1.54, 1.807) is 6.92 Å². The summed E-state index contributed by atoms with van der Waals surface area (Å²) in [5.74, 6) is -3.16. The molecule has 6 nitrogen and oxygen atoms in total. The average molecular weight is 488 g/mol. The molecule has 2 fully saturated rings. The Balaban J connectivity index is 1.48. The molecule has 0 radical (unpaired) electrons. The number of hydrogen-bond acceptors (Lipinski definition) is 4. The number of hydrogen-bond donors (Lipinski definition) is 0. The lowest BCUT2D eigenvalue weighted by Crippen LogP contribution is -2.59. The first-order valence-electron chi connectivity index (χ1n) is 10.1. The van der Waals surface area contributed by atoms with Crippen LogP contribution in [0.5, 0.6) is 5.75 Å². The summed E-state index contributed by atoms with van der Waals surface area (Å²) >= 11 is 0. The van der Waals surface area contributed by atoms with Crippen molar-refractivity contribution in [2.75, 3.05) is 24.6 Å². The highest BCUT2D eigenvalue weighted by atomic mass is 19.3. The predicted octanol–water partition coefficient (Wildman–Crippen LogP) is 3.69. The number of benzene rings is 2. The SMILES string of the molecule is CC(N1CC(=O)N(c2ccc(OC(F)(F)C(F)F)cc2)CC1=O)C1(c2ccc(F)cc2F)CO1. The highest BCUT2D eigenvalue weighted by Crippen LogP contribution is 2.45. The van der Waals surface area contributed by atoms with Crippen LogP contribution < -0.4 is 9.64 Å². The molecule has 2 aliphatic heterocycles. The van der Waals surface area contributed by atoms with Gasteiger partial charge in [-0.2, -0.15) is 17.6 Å². The second-order valence-electron chi connectivity index (χ2n) is 7.94. The van der Waals surface area contributed by atoms with Crippen LogP contribution in [0.25, 0.3) is 0 Å². The zero-order chi connectivity index (χ0) is 24.8. The molecule has 34 heavy (non-hydrogen) atoms. The molecule has 0 bridgehead atoms. The largest absolute Gasteiger partial charge is 0.461 e. The number of halogens is 6. The van der Waals surface area contributed by atoms with Gasteiger partial charge in [0.1, 0.15) is 36.1 Å². The van der Waals surface area contributed by atoms with Gasteiger partial charge in [0.05, 0.1) is 12.6 Å². The minimum atomic E-state index is -4.68. The maximum Gasteiger partial charge on any atom is 0.461 e. The average Bonchev–Trinajstić information content (AvgIpc) is 3.56. The van der Waals surface area contributed by atoms with Crippen molar-refractivity contribution in [3.8, 4) is 5.75 Å². The lowest BCUT2D eigenvalue weighted by molar-refractivity contribution is -0.253. The molecule has 2 heterocycles. The molecule has 0 saturated carbocycles. The lowest BCUT2D eigenvalue weighted by atomic mass is 9.90. The Morgan fingerprint density at radius 1 is 1.03 bits per heavy atom. The van der Waals surface area contributed by atoms with E-state index in [2.05, 4.69) is 4.74 Å². The normalized spacial score (nSPS) is 21.8. The van der Waals surface area contributed by atoms with Crippen molar-refractivity contribution in [3.63, 3.8) is 0 Å². The Morgan fingerprint density at radius 3 is 2.24 bits per heavy atom. The van der Waals surface area contributed by atoms with E-state index >= 15 is 0 Å². The summed E-state index contributed by atoms with van der Waals surface area (Å²) in [5.41, 5.74) is -0.981. The summed E-state index contributed by atoms with van der Waals surface area (Å²) in [6.45, 7) is 0.878. The predicted molar refractivity (Wildman–Crippen MR) is 106 cm³/mol. The number of alkyl halides is 4. The molecule has 4 rings (SSSR count). The summed E-state index contributed by atoms with van der Waals surface area (Å²) in [6, 6.07) is 6.58. The molecule has 2 aromatic rings. The van der Waals surface area contributed by atoms with E-state index < -0.39 is 59.9 Å². The third-order valence-corrected chi connectivity index (χ3v) is 5.86. The minimum absolute atomic E-state index is 0.0697. The molecule has 0 N–H and O–H groups in total. The van der Waals surface area contributed by atoms with E-state index in [1.165, 1.54) is 23.1 Å².